The van der Waals surface area contributed by atoms with E-state index in [-0.39, 0.29) is 29.6 Å². The highest BCUT2D eigenvalue weighted by molar-refractivity contribution is 6.02. The Bertz CT molecular complexity index is 543. The highest BCUT2D eigenvalue weighted by atomic mass is 16.4. The maximum Gasteiger partial charge on any atom is 0.337 e. The number of carboxylic acids is 1. The summed E-state index contributed by atoms with van der Waals surface area (Å²) in [7, 11) is 0. The second-order valence-corrected chi connectivity index (χ2v) is 4.47. The third-order valence-corrected chi connectivity index (χ3v) is 2.56. The average Bonchev–Trinajstić information content (AvgIpc) is 2.40. The largest absolute Gasteiger partial charge is 0.478 e. The average molecular weight is 293 g/mol. The molecule has 0 unspecified atom stereocenters. The van der Waals surface area contributed by atoms with Gasteiger partial charge >= 0.3 is 5.97 Å². The maximum absolute atomic E-state index is 11.7. The van der Waals surface area contributed by atoms with Gasteiger partial charge in [0.15, 0.2) is 0 Å². The van der Waals surface area contributed by atoms with E-state index >= 15 is 0 Å². The van der Waals surface area contributed by atoms with Crippen molar-refractivity contribution < 1.29 is 19.5 Å². The maximum atomic E-state index is 11.7. The van der Waals surface area contributed by atoms with Crippen molar-refractivity contribution >= 4 is 29.2 Å². The van der Waals surface area contributed by atoms with Crippen LogP contribution in [0.4, 0.5) is 11.4 Å². The van der Waals surface area contributed by atoms with Crippen LogP contribution in [0.2, 0.25) is 0 Å². The lowest BCUT2D eigenvalue weighted by atomic mass is 10.1. The Labute approximate surface area is 122 Å². The van der Waals surface area contributed by atoms with E-state index in [9.17, 15) is 19.5 Å². The molecule has 7 heteroatoms. The summed E-state index contributed by atoms with van der Waals surface area (Å²) in [6.07, 6.45) is 0.902. The summed E-state index contributed by atoms with van der Waals surface area (Å²) in [5.41, 5.74) is 0.479. The summed E-state index contributed by atoms with van der Waals surface area (Å²) in [6, 6.07) is 4.29. The molecule has 7 nitrogen and oxygen atoms in total. The van der Waals surface area contributed by atoms with Crippen molar-refractivity contribution in [2.24, 2.45) is 0 Å². The van der Waals surface area contributed by atoms with Crippen LogP contribution in [-0.4, -0.2) is 36.0 Å². The number of carbonyl (C=O) groups excluding carboxylic acids is 2. The molecular formula is C14H19N3O4. The van der Waals surface area contributed by atoms with Crippen LogP contribution in [0.5, 0.6) is 0 Å². The van der Waals surface area contributed by atoms with Crippen LogP contribution in [-0.2, 0) is 9.59 Å². The molecule has 114 valence electrons. The summed E-state index contributed by atoms with van der Waals surface area (Å²) in [6.45, 7) is 4.13. The van der Waals surface area contributed by atoms with Gasteiger partial charge in [0.1, 0.15) is 0 Å². The van der Waals surface area contributed by atoms with Gasteiger partial charge in [-0.2, -0.15) is 0 Å². The number of aromatic carboxylic acids is 1. The zero-order chi connectivity index (χ0) is 15.8. The van der Waals surface area contributed by atoms with Gasteiger partial charge in [-0.15, -0.1) is 0 Å². The van der Waals surface area contributed by atoms with E-state index in [0.29, 0.717) is 12.2 Å². The molecule has 0 saturated carbocycles. The lowest BCUT2D eigenvalue weighted by Crippen LogP contribution is -2.29. The highest BCUT2D eigenvalue weighted by Gasteiger charge is 2.13. The van der Waals surface area contributed by atoms with Crippen LogP contribution in [0.15, 0.2) is 18.2 Å². The molecule has 0 aliphatic carbocycles. The van der Waals surface area contributed by atoms with Crippen molar-refractivity contribution in [3.8, 4) is 0 Å². The van der Waals surface area contributed by atoms with Crippen molar-refractivity contribution in [1.29, 1.82) is 0 Å². The van der Waals surface area contributed by atoms with E-state index in [2.05, 4.69) is 16.0 Å². The number of nitrogens with one attached hydrogen (secondary N) is 3. The molecule has 0 saturated heterocycles. The minimum absolute atomic E-state index is 0.0786. The van der Waals surface area contributed by atoms with E-state index in [1.165, 1.54) is 25.1 Å². The van der Waals surface area contributed by atoms with Crippen molar-refractivity contribution in [3.05, 3.63) is 23.8 Å². The molecule has 1 rings (SSSR count). The van der Waals surface area contributed by atoms with Crippen LogP contribution in [0.3, 0.4) is 0 Å². The summed E-state index contributed by atoms with van der Waals surface area (Å²) < 4.78 is 0. The molecule has 0 spiro atoms. The minimum atomic E-state index is -1.18. The standard InChI is InChI=1S/C14H19N3O4/c1-3-6-15-8-13(19)17-12-5-4-10(16-9(2)18)7-11(12)14(20)21/h4-5,7,15H,3,6,8H2,1-2H3,(H,16,18)(H,17,19)(H,20,21). The van der Waals surface area contributed by atoms with Gasteiger partial charge < -0.3 is 21.1 Å². The monoisotopic (exact) mass is 293 g/mol. The number of benzene rings is 1. The Morgan fingerprint density at radius 2 is 1.90 bits per heavy atom. The molecule has 0 bridgehead atoms. The van der Waals surface area contributed by atoms with Gasteiger partial charge in [0.25, 0.3) is 0 Å². The number of carbonyl (C=O) groups is 3. The highest BCUT2D eigenvalue weighted by Crippen LogP contribution is 2.20. The van der Waals surface area contributed by atoms with E-state index in [4.69, 9.17) is 0 Å². The Morgan fingerprint density at radius 1 is 1.19 bits per heavy atom. The van der Waals surface area contributed by atoms with E-state index in [1.54, 1.807) is 0 Å². The normalized spacial score (nSPS) is 10.0. The van der Waals surface area contributed by atoms with E-state index in [0.717, 1.165) is 6.42 Å². The van der Waals surface area contributed by atoms with Gasteiger partial charge in [-0.05, 0) is 31.2 Å². The van der Waals surface area contributed by atoms with Gasteiger partial charge in [-0.3, -0.25) is 9.59 Å². The molecule has 0 atom stereocenters. The fourth-order valence-electron chi connectivity index (χ4n) is 1.68. The van der Waals surface area contributed by atoms with Crippen molar-refractivity contribution in [2.45, 2.75) is 20.3 Å². The lowest BCUT2D eigenvalue weighted by molar-refractivity contribution is -0.115. The summed E-state index contributed by atoms with van der Waals surface area (Å²) in [5, 5.41) is 17.1. The lowest BCUT2D eigenvalue weighted by Gasteiger charge is -2.11. The summed E-state index contributed by atoms with van der Waals surface area (Å²) >= 11 is 0. The van der Waals surface area contributed by atoms with Crippen LogP contribution in [0.1, 0.15) is 30.6 Å². The molecule has 2 amide bonds. The predicted molar refractivity (Wildman–Crippen MR) is 79.5 cm³/mol. The Hall–Kier alpha value is -2.41. The molecule has 0 aromatic heterocycles. The van der Waals surface area contributed by atoms with Crippen molar-refractivity contribution in [1.82, 2.24) is 5.32 Å². The minimum Gasteiger partial charge on any atom is -0.478 e. The van der Waals surface area contributed by atoms with E-state index in [1.807, 2.05) is 6.92 Å². The van der Waals surface area contributed by atoms with Crippen LogP contribution >= 0.6 is 0 Å². The number of anilines is 2. The van der Waals surface area contributed by atoms with Gasteiger partial charge in [0.2, 0.25) is 11.8 Å². The van der Waals surface area contributed by atoms with Crippen molar-refractivity contribution in [2.75, 3.05) is 23.7 Å². The first kappa shape index (κ1) is 16.6. The fraction of sp³-hybridized carbons (Fsp3) is 0.357. The molecule has 0 radical (unpaired) electrons. The molecule has 0 fully saturated rings. The molecule has 0 aliphatic heterocycles. The van der Waals surface area contributed by atoms with Gasteiger partial charge in [-0.25, -0.2) is 4.79 Å². The fourth-order valence-corrected chi connectivity index (χ4v) is 1.68. The number of hydrogen-bond acceptors (Lipinski definition) is 4. The molecule has 1 aromatic carbocycles. The molecular weight excluding hydrogens is 274 g/mol. The first-order chi connectivity index (χ1) is 9.93. The smallest absolute Gasteiger partial charge is 0.337 e. The molecule has 21 heavy (non-hydrogen) atoms. The zero-order valence-corrected chi connectivity index (χ0v) is 12.0. The molecule has 4 N–H and O–H groups in total. The quantitative estimate of drug-likeness (QED) is 0.566. The Kier molecular flexibility index (Phi) is 6.35. The van der Waals surface area contributed by atoms with Gasteiger partial charge in [-0.1, -0.05) is 6.92 Å². The predicted octanol–water partition coefficient (Wildman–Crippen LogP) is 1.28. The zero-order valence-electron chi connectivity index (χ0n) is 12.0. The third kappa shape index (κ3) is 5.62. The topological polar surface area (TPSA) is 108 Å². The third-order valence-electron chi connectivity index (χ3n) is 2.56. The number of amides is 2. The second-order valence-electron chi connectivity index (χ2n) is 4.47. The van der Waals surface area contributed by atoms with E-state index < -0.39 is 5.97 Å². The van der Waals surface area contributed by atoms with Crippen LogP contribution in [0, 0.1) is 0 Å². The van der Waals surface area contributed by atoms with Crippen LogP contribution in [0.25, 0.3) is 0 Å². The summed E-state index contributed by atoms with van der Waals surface area (Å²) in [5.74, 6) is -1.80. The number of rotatable bonds is 7. The number of hydrogen-bond donors (Lipinski definition) is 4. The van der Waals surface area contributed by atoms with Gasteiger partial charge in [0.05, 0.1) is 17.8 Å². The molecule has 0 heterocycles. The first-order valence-electron chi connectivity index (χ1n) is 6.59. The Balaban J connectivity index is 2.83. The number of carboxylic acid groups (broad SMARTS) is 1. The Morgan fingerprint density at radius 3 is 2.48 bits per heavy atom. The van der Waals surface area contributed by atoms with Crippen molar-refractivity contribution in [3.63, 3.8) is 0 Å². The molecule has 1 aromatic rings. The van der Waals surface area contributed by atoms with Gasteiger partial charge in [0, 0.05) is 12.6 Å². The first-order valence-corrected chi connectivity index (χ1v) is 6.59. The molecule has 0 aliphatic rings. The van der Waals surface area contributed by atoms with Crippen LogP contribution < -0.4 is 16.0 Å². The second kappa shape index (κ2) is 8.01. The summed E-state index contributed by atoms with van der Waals surface area (Å²) in [4.78, 5) is 33.9. The SMILES string of the molecule is CCCNCC(=O)Nc1ccc(NC(C)=O)cc1C(=O)O.